The monoisotopic (exact) mass is 429 g/mol. The predicted molar refractivity (Wildman–Crippen MR) is 137 cm³/mol. The van der Waals surface area contributed by atoms with E-state index in [0.717, 1.165) is 25.0 Å². The van der Waals surface area contributed by atoms with Crippen LogP contribution in [0, 0.1) is 0 Å². The van der Waals surface area contributed by atoms with Gasteiger partial charge < -0.3 is 10.1 Å². The van der Waals surface area contributed by atoms with Crippen molar-refractivity contribution in [3.8, 4) is 28.0 Å². The number of nitrogens with one attached hydrogen (secondary N) is 1. The Morgan fingerprint density at radius 3 is 2.73 bits per heavy atom. The van der Waals surface area contributed by atoms with Crippen LogP contribution >= 0.6 is 0 Å². The van der Waals surface area contributed by atoms with Crippen LogP contribution in [0.5, 0.6) is 5.75 Å². The highest BCUT2D eigenvalue weighted by molar-refractivity contribution is 5.80. The van der Waals surface area contributed by atoms with Crippen LogP contribution in [-0.2, 0) is 6.42 Å². The molecule has 2 nitrogen and oxygen atoms in total. The lowest BCUT2D eigenvalue weighted by Crippen LogP contribution is -2.36. The maximum Gasteiger partial charge on any atom is 0.119 e. The van der Waals surface area contributed by atoms with Crippen LogP contribution in [0.25, 0.3) is 34.4 Å². The summed E-state index contributed by atoms with van der Waals surface area (Å²) in [6.07, 6.45) is 18.6. The third kappa shape index (κ3) is 3.52. The Bertz CT molecular complexity index is 1450. The zero-order valence-corrected chi connectivity index (χ0v) is 18.8. The lowest BCUT2D eigenvalue weighted by molar-refractivity contribution is 0.415. The van der Waals surface area contributed by atoms with E-state index in [9.17, 15) is 0 Å². The minimum Gasteiger partial charge on any atom is -0.497 e. The summed E-state index contributed by atoms with van der Waals surface area (Å²) >= 11 is 0. The summed E-state index contributed by atoms with van der Waals surface area (Å²) in [5.74, 6) is 1.29. The highest BCUT2D eigenvalue weighted by Crippen LogP contribution is 2.34. The number of allylic oxidation sites excluding steroid dienone is 5. The normalized spacial score (nSPS) is 17.8. The van der Waals surface area contributed by atoms with Crippen molar-refractivity contribution in [2.75, 3.05) is 7.11 Å². The number of hydrogen-bond donors (Lipinski definition) is 1. The van der Waals surface area contributed by atoms with Crippen molar-refractivity contribution in [2.45, 2.75) is 25.2 Å². The van der Waals surface area contributed by atoms with E-state index in [1.165, 1.54) is 49.5 Å². The van der Waals surface area contributed by atoms with Crippen LogP contribution in [0.3, 0.4) is 0 Å². The molecule has 1 unspecified atom stereocenters. The van der Waals surface area contributed by atoms with Crippen LogP contribution in [-0.4, -0.2) is 7.11 Å². The molecule has 0 amide bonds. The maximum atomic E-state index is 5.45. The van der Waals surface area contributed by atoms with Gasteiger partial charge >= 0.3 is 0 Å². The first-order valence-electron chi connectivity index (χ1n) is 11.7. The van der Waals surface area contributed by atoms with Gasteiger partial charge in [-0.25, -0.2) is 0 Å². The largest absolute Gasteiger partial charge is 0.497 e. The molecule has 3 aromatic carbocycles. The number of rotatable bonds is 3. The summed E-state index contributed by atoms with van der Waals surface area (Å²) in [5.41, 5.74) is 9.22. The SMILES string of the molecule is COc1cccc(-c2ccc3c(c2)-c2ccc4c(c2=CC3)=CCCC4C2=CC=CC=CN2)c1. The molecule has 33 heavy (non-hydrogen) atoms. The van der Waals surface area contributed by atoms with Crippen LogP contribution in [0.15, 0.2) is 90.8 Å². The second kappa shape index (κ2) is 8.29. The van der Waals surface area contributed by atoms with Gasteiger partial charge in [0, 0.05) is 17.8 Å². The van der Waals surface area contributed by atoms with Crippen LogP contribution in [0.4, 0.5) is 0 Å². The first kappa shape index (κ1) is 19.9. The molecule has 3 aliphatic rings. The quantitative estimate of drug-likeness (QED) is 0.587. The third-order valence-electron chi connectivity index (χ3n) is 7.05. The van der Waals surface area contributed by atoms with E-state index in [0.29, 0.717) is 5.92 Å². The molecule has 6 rings (SSSR count). The number of methoxy groups -OCH3 is 1. The molecule has 1 atom stereocenters. The molecule has 1 heterocycles. The smallest absolute Gasteiger partial charge is 0.119 e. The molecule has 0 aromatic heterocycles. The summed E-state index contributed by atoms with van der Waals surface area (Å²) < 4.78 is 5.45. The Kier molecular flexibility index (Phi) is 4.99. The van der Waals surface area contributed by atoms with E-state index in [1.807, 2.05) is 12.3 Å². The molecule has 0 bridgehead atoms. The van der Waals surface area contributed by atoms with Gasteiger partial charge in [0.15, 0.2) is 0 Å². The first-order chi connectivity index (χ1) is 16.3. The molecule has 2 aliphatic carbocycles. The number of benzene rings is 3. The van der Waals surface area contributed by atoms with Gasteiger partial charge in [-0.15, -0.1) is 0 Å². The second-order valence-electron chi connectivity index (χ2n) is 8.89. The minimum atomic E-state index is 0.403. The summed E-state index contributed by atoms with van der Waals surface area (Å²) in [6.45, 7) is 0. The summed E-state index contributed by atoms with van der Waals surface area (Å²) in [5, 5.41) is 6.32. The fourth-order valence-corrected chi connectivity index (χ4v) is 5.40. The number of fused-ring (bicyclic) bond motifs is 5. The van der Waals surface area contributed by atoms with Crippen LogP contribution in [0.2, 0.25) is 0 Å². The van der Waals surface area contributed by atoms with E-state index < -0.39 is 0 Å². The van der Waals surface area contributed by atoms with Gasteiger partial charge in [-0.05, 0) is 93.4 Å². The Morgan fingerprint density at radius 2 is 1.79 bits per heavy atom. The summed E-state index contributed by atoms with van der Waals surface area (Å²) in [4.78, 5) is 0. The fourth-order valence-electron chi connectivity index (χ4n) is 5.40. The molecule has 0 radical (unpaired) electrons. The zero-order valence-electron chi connectivity index (χ0n) is 18.8. The average molecular weight is 430 g/mol. The minimum absolute atomic E-state index is 0.403. The topological polar surface area (TPSA) is 21.3 Å². The molecule has 0 fully saturated rings. The highest BCUT2D eigenvalue weighted by atomic mass is 16.5. The molecule has 2 heteroatoms. The van der Waals surface area contributed by atoms with Crippen LogP contribution < -0.4 is 20.5 Å². The second-order valence-corrected chi connectivity index (χ2v) is 8.89. The Labute approximate surface area is 194 Å². The predicted octanol–water partition coefficient (Wildman–Crippen LogP) is 5.58. The van der Waals surface area contributed by atoms with Gasteiger partial charge in [-0.3, -0.25) is 0 Å². The Balaban J connectivity index is 1.46. The maximum absolute atomic E-state index is 5.45. The lowest BCUT2D eigenvalue weighted by Gasteiger charge is -2.26. The average Bonchev–Trinajstić information content (AvgIpc) is 3.17. The highest BCUT2D eigenvalue weighted by Gasteiger charge is 2.23. The number of ether oxygens (including phenoxy) is 1. The standard InChI is InChI=1S/C31H27NO/c1-33-24-8-5-7-22(19-24)23-13-12-21-14-15-26-25-9-6-10-29(31-11-3-2-4-18-32-31)27(25)16-17-28(26)30(21)20-23/h2-5,7-9,11-13,15-20,29,32H,6,10,14H2,1H3. The summed E-state index contributed by atoms with van der Waals surface area (Å²) in [6, 6.07) is 19.9. The molecule has 0 spiro atoms. The molecule has 0 saturated carbocycles. The van der Waals surface area contributed by atoms with E-state index >= 15 is 0 Å². The van der Waals surface area contributed by atoms with Gasteiger partial charge in [-0.2, -0.15) is 0 Å². The lowest BCUT2D eigenvalue weighted by atomic mass is 9.81. The van der Waals surface area contributed by atoms with Crippen molar-refractivity contribution in [2.24, 2.45) is 0 Å². The van der Waals surface area contributed by atoms with Gasteiger partial charge in [-0.1, -0.05) is 60.7 Å². The van der Waals surface area contributed by atoms with Gasteiger partial charge in [0.1, 0.15) is 5.75 Å². The van der Waals surface area contributed by atoms with Crippen molar-refractivity contribution in [3.63, 3.8) is 0 Å². The van der Waals surface area contributed by atoms with Crippen molar-refractivity contribution in [3.05, 3.63) is 112 Å². The van der Waals surface area contributed by atoms with E-state index in [4.69, 9.17) is 4.74 Å². The molecular weight excluding hydrogens is 402 g/mol. The molecular formula is C31H27NO. The van der Waals surface area contributed by atoms with Gasteiger partial charge in [0.2, 0.25) is 0 Å². The van der Waals surface area contributed by atoms with Crippen molar-refractivity contribution >= 4 is 12.2 Å². The molecule has 1 N–H and O–H groups in total. The molecule has 0 saturated heterocycles. The van der Waals surface area contributed by atoms with Gasteiger partial charge in [0.05, 0.1) is 7.11 Å². The Hall–Kier alpha value is -3.78. The van der Waals surface area contributed by atoms with E-state index in [1.54, 1.807) is 7.11 Å². The molecule has 1 aliphatic heterocycles. The Morgan fingerprint density at radius 1 is 0.848 bits per heavy atom. The fraction of sp³-hybridized carbons (Fsp3) is 0.161. The third-order valence-corrected chi connectivity index (χ3v) is 7.05. The summed E-state index contributed by atoms with van der Waals surface area (Å²) in [7, 11) is 1.72. The van der Waals surface area contributed by atoms with Crippen molar-refractivity contribution in [1.29, 1.82) is 0 Å². The van der Waals surface area contributed by atoms with Gasteiger partial charge in [0.25, 0.3) is 0 Å². The van der Waals surface area contributed by atoms with Crippen LogP contribution in [0.1, 0.15) is 29.9 Å². The molecule has 162 valence electrons. The zero-order chi connectivity index (χ0) is 22.2. The molecule has 3 aromatic rings. The van der Waals surface area contributed by atoms with E-state index in [2.05, 4.69) is 90.3 Å². The van der Waals surface area contributed by atoms with Crippen molar-refractivity contribution < 1.29 is 4.74 Å². The van der Waals surface area contributed by atoms with E-state index in [-0.39, 0.29) is 0 Å². The number of hydrogen-bond acceptors (Lipinski definition) is 2. The first-order valence-corrected chi connectivity index (χ1v) is 11.7. The van der Waals surface area contributed by atoms with Crippen molar-refractivity contribution in [1.82, 2.24) is 5.32 Å².